The average molecular weight is 846 g/mol. The first kappa shape index (κ1) is 41.1. The Bertz CT molecular complexity index is 2600. The number of benzene rings is 3. The van der Waals surface area contributed by atoms with Crippen LogP contribution in [-0.2, 0) is 24.2 Å². The average Bonchev–Trinajstić information content (AvgIpc) is 3.78. The van der Waals surface area contributed by atoms with Gasteiger partial charge in [0.25, 0.3) is 11.8 Å². The second-order valence-corrected chi connectivity index (χ2v) is 17.6. The lowest BCUT2D eigenvalue weighted by molar-refractivity contribution is -0.136. The van der Waals surface area contributed by atoms with E-state index in [4.69, 9.17) is 0 Å². The molecule has 0 spiro atoms. The number of fused-ring (bicyclic) bond motifs is 2. The highest BCUT2D eigenvalue weighted by Crippen LogP contribution is 2.33. The Morgan fingerprint density at radius 2 is 1.54 bits per heavy atom. The van der Waals surface area contributed by atoms with Gasteiger partial charge in [0.15, 0.2) is 15.5 Å². The SMILES string of the molecule is CS(=O)(=O)c1ccc(-c2cccc3nc(Nc4ccc(N5CCN(C(=O)CCCCCCCNc6cccc7c6C(=O)N(C6CCC(=O)NC6=O)C7=O)CC5)cc4)nn23)cc1. The van der Waals surface area contributed by atoms with Crippen molar-refractivity contribution in [3.05, 3.63) is 96.1 Å². The number of pyridine rings is 1. The van der Waals surface area contributed by atoms with E-state index in [1.54, 1.807) is 47.0 Å². The van der Waals surface area contributed by atoms with E-state index in [0.29, 0.717) is 43.3 Å². The van der Waals surface area contributed by atoms with Gasteiger partial charge in [-0.3, -0.25) is 34.2 Å². The Labute approximate surface area is 353 Å². The Hall–Kier alpha value is -6.62. The molecule has 316 valence electrons. The van der Waals surface area contributed by atoms with E-state index in [1.165, 1.54) is 6.26 Å². The van der Waals surface area contributed by atoms with Crippen molar-refractivity contribution in [2.45, 2.75) is 62.3 Å². The number of carbonyl (C=O) groups excluding carboxylic acids is 5. The number of sulfone groups is 1. The summed E-state index contributed by atoms with van der Waals surface area (Å²) >= 11 is 0. The first-order valence-electron chi connectivity index (χ1n) is 20.6. The molecule has 0 aliphatic carbocycles. The lowest BCUT2D eigenvalue weighted by atomic mass is 10.0. The van der Waals surface area contributed by atoms with E-state index >= 15 is 0 Å². The van der Waals surface area contributed by atoms with Crippen LogP contribution >= 0.6 is 0 Å². The number of hydrogen-bond acceptors (Lipinski definition) is 12. The third-order valence-corrected chi connectivity index (χ3v) is 12.5. The highest BCUT2D eigenvalue weighted by Gasteiger charge is 2.45. The maximum Gasteiger partial charge on any atom is 0.264 e. The number of anilines is 4. The van der Waals surface area contributed by atoms with E-state index in [9.17, 15) is 32.4 Å². The number of carbonyl (C=O) groups is 5. The van der Waals surface area contributed by atoms with E-state index in [0.717, 1.165) is 72.7 Å². The van der Waals surface area contributed by atoms with Crippen molar-refractivity contribution in [3.63, 3.8) is 0 Å². The summed E-state index contributed by atoms with van der Waals surface area (Å²) in [4.78, 5) is 73.5. The molecule has 5 heterocycles. The fourth-order valence-corrected chi connectivity index (χ4v) is 8.75. The molecule has 3 aliphatic heterocycles. The van der Waals surface area contributed by atoms with Gasteiger partial charge in [-0.1, -0.05) is 43.5 Å². The van der Waals surface area contributed by atoms with Crippen LogP contribution in [0.4, 0.5) is 23.0 Å². The summed E-state index contributed by atoms with van der Waals surface area (Å²) in [6.07, 6.45) is 6.41. The van der Waals surface area contributed by atoms with Crippen molar-refractivity contribution >= 4 is 68.0 Å². The van der Waals surface area contributed by atoms with Crippen LogP contribution in [0, 0.1) is 0 Å². The van der Waals surface area contributed by atoms with Crippen molar-refractivity contribution in [2.24, 2.45) is 0 Å². The van der Waals surface area contributed by atoms with Gasteiger partial charge in [-0.15, -0.1) is 5.10 Å². The molecule has 1 atom stereocenters. The fraction of sp³-hybridized carbons (Fsp3) is 0.341. The number of piperazine rings is 1. The minimum atomic E-state index is -3.30. The van der Waals surface area contributed by atoms with Gasteiger partial charge in [-0.05, 0) is 79.9 Å². The van der Waals surface area contributed by atoms with Crippen molar-refractivity contribution in [2.75, 3.05) is 54.5 Å². The van der Waals surface area contributed by atoms with Crippen molar-refractivity contribution < 1.29 is 32.4 Å². The van der Waals surface area contributed by atoms with Crippen LogP contribution in [0.15, 0.2) is 89.8 Å². The number of piperidine rings is 1. The molecule has 0 radical (unpaired) electrons. The van der Waals surface area contributed by atoms with Gasteiger partial charge in [0.1, 0.15) is 6.04 Å². The molecule has 3 aliphatic rings. The van der Waals surface area contributed by atoms with Crippen LogP contribution in [0.25, 0.3) is 16.9 Å². The Kier molecular flexibility index (Phi) is 11.8. The molecule has 2 saturated heterocycles. The smallest absolute Gasteiger partial charge is 0.264 e. The Balaban J connectivity index is 0.735. The molecule has 8 rings (SSSR count). The molecule has 5 aromatic rings. The third kappa shape index (κ3) is 8.96. The number of nitrogens with zero attached hydrogens (tertiary/aromatic N) is 6. The topological polar surface area (TPSA) is 195 Å². The summed E-state index contributed by atoms with van der Waals surface area (Å²) in [7, 11) is -3.30. The molecule has 2 fully saturated rings. The molecule has 61 heavy (non-hydrogen) atoms. The first-order valence-corrected chi connectivity index (χ1v) is 22.5. The molecule has 2 aromatic heterocycles. The number of amides is 5. The summed E-state index contributed by atoms with van der Waals surface area (Å²) in [5.74, 6) is -1.47. The second-order valence-electron chi connectivity index (χ2n) is 15.6. The number of unbranched alkanes of at least 4 members (excludes halogenated alkanes) is 4. The Morgan fingerprint density at radius 1 is 0.820 bits per heavy atom. The molecule has 17 heteroatoms. The fourth-order valence-electron chi connectivity index (χ4n) is 8.12. The normalized spacial score (nSPS) is 16.9. The van der Waals surface area contributed by atoms with Crippen LogP contribution in [0.2, 0.25) is 0 Å². The van der Waals surface area contributed by atoms with Gasteiger partial charge in [-0.2, -0.15) is 4.98 Å². The van der Waals surface area contributed by atoms with Crippen LogP contribution in [0.3, 0.4) is 0 Å². The van der Waals surface area contributed by atoms with Crippen LogP contribution in [-0.4, -0.2) is 107 Å². The summed E-state index contributed by atoms with van der Waals surface area (Å²) in [6, 6.07) is 24.5. The molecular weight excluding hydrogens is 799 g/mol. The summed E-state index contributed by atoms with van der Waals surface area (Å²) in [5, 5.41) is 13.5. The molecular formula is C44H47N9O7S. The van der Waals surface area contributed by atoms with E-state index < -0.39 is 39.5 Å². The van der Waals surface area contributed by atoms with Crippen LogP contribution < -0.4 is 20.9 Å². The van der Waals surface area contributed by atoms with E-state index in [1.807, 2.05) is 47.4 Å². The highest BCUT2D eigenvalue weighted by atomic mass is 32.2. The highest BCUT2D eigenvalue weighted by molar-refractivity contribution is 7.90. The molecule has 1 unspecified atom stereocenters. The zero-order chi connectivity index (χ0) is 42.7. The number of imide groups is 2. The summed E-state index contributed by atoms with van der Waals surface area (Å²) in [6.45, 7) is 3.42. The predicted molar refractivity (Wildman–Crippen MR) is 229 cm³/mol. The third-order valence-electron chi connectivity index (χ3n) is 11.4. The number of nitrogens with one attached hydrogen (secondary N) is 3. The standard InChI is InChI=1S/C44H47N9O7S/c1-61(59,60)32-20-14-29(15-21-32)35-11-8-12-37-47-44(49-53(35)37)46-30-16-18-31(19-17-30)50-25-27-51(28-26-50)39(55)13-5-3-2-4-6-24-45-34-10-7-9-33-40(34)43(58)52(42(33)57)36-22-23-38(54)48-41(36)56/h7-12,14-21,36,45H,2-6,13,22-28H2,1H3,(H,46,49)(H,48,54,56). The van der Waals surface area contributed by atoms with Crippen molar-refractivity contribution in [1.82, 2.24) is 29.7 Å². The maximum absolute atomic E-state index is 13.3. The molecule has 16 nitrogen and oxygen atoms in total. The lowest BCUT2D eigenvalue weighted by Gasteiger charge is -2.36. The van der Waals surface area contributed by atoms with Gasteiger partial charge in [0.2, 0.25) is 23.7 Å². The van der Waals surface area contributed by atoms with Crippen LogP contribution in [0.1, 0.15) is 72.1 Å². The minimum absolute atomic E-state index is 0.0727. The quantitative estimate of drug-likeness (QED) is 0.0940. The largest absolute Gasteiger partial charge is 0.384 e. The number of aromatic nitrogens is 3. The number of hydrogen-bond donors (Lipinski definition) is 3. The molecule has 0 saturated carbocycles. The van der Waals surface area contributed by atoms with Gasteiger partial charge in [0.05, 0.1) is 21.7 Å². The maximum atomic E-state index is 13.3. The lowest BCUT2D eigenvalue weighted by Crippen LogP contribution is -2.54. The van der Waals surface area contributed by atoms with Crippen molar-refractivity contribution in [3.8, 4) is 11.3 Å². The molecule has 0 bridgehead atoms. The van der Waals surface area contributed by atoms with Gasteiger partial charge < -0.3 is 20.4 Å². The summed E-state index contributed by atoms with van der Waals surface area (Å²) < 4.78 is 25.5. The number of rotatable bonds is 15. The van der Waals surface area contributed by atoms with Crippen molar-refractivity contribution in [1.29, 1.82) is 0 Å². The van der Waals surface area contributed by atoms with Gasteiger partial charge in [0, 0.05) is 74.4 Å². The first-order chi connectivity index (χ1) is 29.4. The molecule has 3 N–H and O–H groups in total. The van der Waals surface area contributed by atoms with Gasteiger partial charge in [-0.25, -0.2) is 12.9 Å². The molecule has 5 amide bonds. The minimum Gasteiger partial charge on any atom is -0.384 e. The second kappa shape index (κ2) is 17.5. The van der Waals surface area contributed by atoms with Gasteiger partial charge >= 0.3 is 0 Å². The predicted octanol–water partition coefficient (Wildman–Crippen LogP) is 5.05. The monoisotopic (exact) mass is 845 g/mol. The Morgan fingerprint density at radius 3 is 2.28 bits per heavy atom. The van der Waals surface area contributed by atoms with Crippen LogP contribution in [0.5, 0.6) is 0 Å². The van der Waals surface area contributed by atoms with E-state index in [2.05, 4.69) is 30.9 Å². The van der Waals surface area contributed by atoms with E-state index in [-0.39, 0.29) is 34.8 Å². The molecule has 3 aromatic carbocycles. The zero-order valence-corrected chi connectivity index (χ0v) is 34.6. The zero-order valence-electron chi connectivity index (χ0n) is 33.8. The summed E-state index contributed by atoms with van der Waals surface area (Å²) in [5.41, 5.74) is 5.22.